The first-order valence-electron chi connectivity index (χ1n) is 13.9. The van der Waals surface area contributed by atoms with Crippen molar-refractivity contribution in [2.45, 2.75) is 70.8 Å². The number of fused-ring (bicyclic) bond motifs is 1. The number of aromatic nitrogens is 1. The second-order valence-electron chi connectivity index (χ2n) is 11.3. The first kappa shape index (κ1) is 28.3. The summed E-state index contributed by atoms with van der Waals surface area (Å²) in [5, 5.41) is 5.85. The second-order valence-corrected chi connectivity index (χ2v) is 11.3. The minimum atomic E-state index is -0.611. The molecule has 1 saturated carbocycles. The van der Waals surface area contributed by atoms with Crippen molar-refractivity contribution in [3.8, 4) is 0 Å². The number of amides is 2. The lowest BCUT2D eigenvalue weighted by molar-refractivity contribution is -0.126. The Bertz CT molecular complexity index is 1220. The van der Waals surface area contributed by atoms with Crippen LogP contribution in [-0.2, 0) is 9.53 Å². The summed E-state index contributed by atoms with van der Waals surface area (Å²) >= 11 is 0. The van der Waals surface area contributed by atoms with Crippen LogP contribution in [0.3, 0.4) is 0 Å². The number of oxazole rings is 1. The van der Waals surface area contributed by atoms with E-state index in [1.54, 1.807) is 6.07 Å². The quantitative estimate of drug-likeness (QED) is 0.308. The van der Waals surface area contributed by atoms with Crippen LogP contribution in [0.25, 0.3) is 11.1 Å². The van der Waals surface area contributed by atoms with Crippen molar-refractivity contribution in [1.29, 1.82) is 0 Å². The molecule has 1 heterocycles. The Labute approximate surface area is 229 Å². The van der Waals surface area contributed by atoms with E-state index in [2.05, 4.69) is 15.6 Å². The molecule has 0 spiro atoms. The molecule has 208 valence electrons. The van der Waals surface area contributed by atoms with Crippen molar-refractivity contribution in [2.24, 2.45) is 11.8 Å². The Hall–Kier alpha value is -3.68. The van der Waals surface area contributed by atoms with Gasteiger partial charge in [-0.2, -0.15) is 0 Å². The number of hydrogen-bond donors (Lipinski definition) is 2. The van der Waals surface area contributed by atoms with Gasteiger partial charge in [-0.25, -0.2) is 9.78 Å². The van der Waals surface area contributed by atoms with E-state index in [-0.39, 0.29) is 36.0 Å². The van der Waals surface area contributed by atoms with Gasteiger partial charge < -0.3 is 19.8 Å². The lowest BCUT2D eigenvalue weighted by Crippen LogP contribution is -2.44. The highest BCUT2D eigenvalue weighted by atomic mass is 16.6. The standard InChI is InChI=1S/C31H39N3O5/c1-31(2,3)39-30(37)33-20-24(22-14-8-5-9-15-22)28(36)32-19-18-23(21-12-6-4-7-13-21)27(35)29-34-25-16-10-11-17-26(25)38-29/h4,6-7,10-13,16-17,22-24H,5,8-9,14-15,18-20H2,1-3H3,(H,32,36)(H,33,37). The Morgan fingerprint density at radius 1 is 0.974 bits per heavy atom. The van der Waals surface area contributed by atoms with E-state index in [9.17, 15) is 14.4 Å². The fourth-order valence-electron chi connectivity index (χ4n) is 5.25. The van der Waals surface area contributed by atoms with E-state index in [0.29, 0.717) is 24.1 Å². The third-order valence-corrected chi connectivity index (χ3v) is 7.18. The number of nitrogens with one attached hydrogen (secondary N) is 2. The van der Waals surface area contributed by atoms with Gasteiger partial charge in [0.05, 0.1) is 11.8 Å². The molecule has 0 saturated heterocycles. The molecule has 2 unspecified atom stereocenters. The number of ketones is 1. The highest BCUT2D eigenvalue weighted by Crippen LogP contribution is 2.31. The minimum absolute atomic E-state index is 0.0676. The van der Waals surface area contributed by atoms with Gasteiger partial charge in [-0.1, -0.05) is 61.7 Å². The van der Waals surface area contributed by atoms with Gasteiger partial charge in [0, 0.05) is 13.1 Å². The van der Waals surface area contributed by atoms with Gasteiger partial charge in [-0.05, 0) is 63.6 Å². The van der Waals surface area contributed by atoms with Gasteiger partial charge in [0.2, 0.25) is 11.7 Å². The molecule has 4 rings (SSSR count). The summed E-state index contributed by atoms with van der Waals surface area (Å²) in [7, 11) is 0. The molecular formula is C31H39N3O5. The molecule has 1 aliphatic carbocycles. The van der Waals surface area contributed by atoms with Crippen molar-refractivity contribution in [1.82, 2.24) is 15.6 Å². The molecule has 2 aromatic carbocycles. The molecule has 8 nitrogen and oxygen atoms in total. The van der Waals surface area contributed by atoms with Crippen molar-refractivity contribution in [2.75, 3.05) is 13.1 Å². The molecule has 0 radical (unpaired) electrons. The van der Waals surface area contributed by atoms with Crippen LogP contribution in [0, 0.1) is 11.8 Å². The average Bonchev–Trinajstić information content (AvgIpc) is 3.35. The molecule has 39 heavy (non-hydrogen) atoms. The first-order chi connectivity index (χ1) is 18.7. The van der Waals surface area contributed by atoms with Gasteiger partial charge in [0.15, 0.2) is 5.58 Å². The number of alkyl carbamates (subject to hydrolysis) is 1. The molecule has 2 atom stereocenters. The molecule has 2 amide bonds. The molecule has 0 bridgehead atoms. The minimum Gasteiger partial charge on any atom is -0.444 e. The number of benzene rings is 2. The molecule has 1 fully saturated rings. The maximum absolute atomic E-state index is 13.5. The number of Topliss-reactive ketones (excluding diaryl/α,β-unsaturated/α-hetero) is 1. The number of rotatable bonds is 10. The zero-order chi connectivity index (χ0) is 27.8. The summed E-state index contributed by atoms with van der Waals surface area (Å²) in [6.07, 6.45) is 5.11. The summed E-state index contributed by atoms with van der Waals surface area (Å²) in [5.74, 6) is -0.951. The van der Waals surface area contributed by atoms with Gasteiger partial charge in [0.25, 0.3) is 5.89 Å². The molecule has 0 aliphatic heterocycles. The smallest absolute Gasteiger partial charge is 0.407 e. The monoisotopic (exact) mass is 533 g/mol. The average molecular weight is 534 g/mol. The zero-order valence-electron chi connectivity index (χ0n) is 23.1. The van der Waals surface area contributed by atoms with Crippen LogP contribution in [0.1, 0.15) is 81.5 Å². The number of hydrogen-bond acceptors (Lipinski definition) is 6. The Morgan fingerprint density at radius 2 is 1.67 bits per heavy atom. The molecule has 2 N–H and O–H groups in total. The zero-order valence-corrected chi connectivity index (χ0v) is 23.1. The third-order valence-electron chi connectivity index (χ3n) is 7.18. The predicted molar refractivity (Wildman–Crippen MR) is 149 cm³/mol. The largest absolute Gasteiger partial charge is 0.444 e. The van der Waals surface area contributed by atoms with Crippen LogP contribution in [-0.4, -0.2) is 41.5 Å². The number of para-hydroxylation sites is 2. The summed E-state index contributed by atoms with van der Waals surface area (Å²) in [6.45, 7) is 5.95. The van der Waals surface area contributed by atoms with E-state index in [1.165, 1.54) is 6.42 Å². The number of nitrogens with zero attached hydrogens (tertiary/aromatic N) is 1. The summed E-state index contributed by atoms with van der Waals surface area (Å²) in [6, 6.07) is 16.8. The van der Waals surface area contributed by atoms with Crippen LogP contribution >= 0.6 is 0 Å². The fourth-order valence-corrected chi connectivity index (χ4v) is 5.25. The van der Waals surface area contributed by atoms with Crippen molar-refractivity contribution < 1.29 is 23.5 Å². The lowest BCUT2D eigenvalue weighted by atomic mass is 9.79. The molecule has 8 heteroatoms. The topological polar surface area (TPSA) is 111 Å². The lowest BCUT2D eigenvalue weighted by Gasteiger charge is -2.30. The Morgan fingerprint density at radius 3 is 2.36 bits per heavy atom. The molecule has 1 aliphatic rings. The van der Waals surface area contributed by atoms with Gasteiger partial charge >= 0.3 is 6.09 Å². The molecular weight excluding hydrogens is 494 g/mol. The number of carbonyl (C=O) groups is 3. The van der Waals surface area contributed by atoms with Crippen molar-refractivity contribution in [3.05, 3.63) is 66.1 Å². The predicted octanol–water partition coefficient (Wildman–Crippen LogP) is 6.02. The third kappa shape index (κ3) is 7.91. The highest BCUT2D eigenvalue weighted by Gasteiger charge is 2.31. The van der Waals surface area contributed by atoms with E-state index in [4.69, 9.17) is 9.15 Å². The summed E-state index contributed by atoms with van der Waals surface area (Å²) < 4.78 is 11.1. The maximum atomic E-state index is 13.5. The van der Waals surface area contributed by atoms with Crippen molar-refractivity contribution >= 4 is 28.9 Å². The SMILES string of the molecule is CC(C)(C)OC(=O)NCC(C(=O)NCCC(C(=O)c1nc2ccccc2o1)c1ccccc1)C1CCCCC1. The van der Waals surface area contributed by atoms with Crippen LogP contribution < -0.4 is 10.6 Å². The summed E-state index contributed by atoms with van der Waals surface area (Å²) in [5.41, 5.74) is 1.43. The van der Waals surface area contributed by atoms with Gasteiger partial charge in [0.1, 0.15) is 11.1 Å². The van der Waals surface area contributed by atoms with Crippen molar-refractivity contribution in [3.63, 3.8) is 0 Å². The second kappa shape index (κ2) is 12.9. The van der Waals surface area contributed by atoms with Crippen LogP contribution in [0.4, 0.5) is 4.79 Å². The van der Waals surface area contributed by atoms with E-state index in [0.717, 1.165) is 31.2 Å². The molecule has 1 aromatic heterocycles. The van der Waals surface area contributed by atoms with E-state index in [1.807, 2.05) is 69.3 Å². The Kier molecular flexibility index (Phi) is 9.38. The fraction of sp³-hybridized carbons (Fsp3) is 0.484. The Balaban J connectivity index is 1.43. The normalized spacial score (nSPS) is 15.9. The highest BCUT2D eigenvalue weighted by molar-refractivity contribution is 5.99. The van der Waals surface area contributed by atoms with Crippen LogP contribution in [0.5, 0.6) is 0 Å². The number of carbonyl (C=O) groups excluding carboxylic acids is 3. The van der Waals surface area contributed by atoms with Gasteiger partial charge in [-0.15, -0.1) is 0 Å². The van der Waals surface area contributed by atoms with Crippen LogP contribution in [0.2, 0.25) is 0 Å². The van der Waals surface area contributed by atoms with Gasteiger partial charge in [-0.3, -0.25) is 9.59 Å². The molecule has 3 aromatic rings. The van der Waals surface area contributed by atoms with Crippen LogP contribution in [0.15, 0.2) is 59.0 Å². The maximum Gasteiger partial charge on any atom is 0.407 e. The summed E-state index contributed by atoms with van der Waals surface area (Å²) in [4.78, 5) is 43.6. The van der Waals surface area contributed by atoms with E-state index < -0.39 is 17.6 Å². The first-order valence-corrected chi connectivity index (χ1v) is 13.9. The van der Waals surface area contributed by atoms with E-state index >= 15 is 0 Å². The number of ether oxygens (including phenoxy) is 1.